The quantitative estimate of drug-likeness (QED) is 0.689. The number of H-pyrrole nitrogens is 1. The molecule has 1 fully saturated rings. The number of carbonyl (C=O) groups excluding carboxylic acids is 1. The Hall–Kier alpha value is -3.00. The fourth-order valence-corrected chi connectivity index (χ4v) is 4.00. The van der Waals surface area contributed by atoms with Gasteiger partial charge in [-0.15, -0.1) is 0 Å². The van der Waals surface area contributed by atoms with E-state index in [1.165, 1.54) is 4.57 Å². The SMILES string of the molecule is CC(C)(C)c1cc(C(=O)N2CCCC2c2nc3ccccc3c(=O)n2CCO)n[nH]1. The summed E-state index contributed by atoms with van der Waals surface area (Å²) >= 11 is 0. The van der Waals surface area contributed by atoms with E-state index in [0.29, 0.717) is 35.4 Å². The monoisotopic (exact) mass is 409 g/mol. The van der Waals surface area contributed by atoms with Crippen molar-refractivity contribution in [1.82, 2.24) is 24.6 Å². The zero-order chi connectivity index (χ0) is 21.5. The molecule has 0 saturated carbocycles. The first-order valence-electron chi connectivity index (χ1n) is 10.3. The van der Waals surface area contributed by atoms with E-state index in [4.69, 9.17) is 4.98 Å². The molecule has 1 amide bonds. The number of aromatic amines is 1. The van der Waals surface area contributed by atoms with Crippen LogP contribution in [0.4, 0.5) is 0 Å². The van der Waals surface area contributed by atoms with Gasteiger partial charge in [0.05, 0.1) is 30.1 Å². The van der Waals surface area contributed by atoms with Gasteiger partial charge in [-0.1, -0.05) is 32.9 Å². The Balaban J connectivity index is 1.75. The van der Waals surface area contributed by atoms with Gasteiger partial charge in [-0.05, 0) is 31.0 Å². The molecular weight excluding hydrogens is 382 g/mol. The van der Waals surface area contributed by atoms with Crippen molar-refractivity contribution in [2.45, 2.75) is 51.6 Å². The second-order valence-corrected chi connectivity index (χ2v) is 8.74. The number of nitrogens with one attached hydrogen (secondary N) is 1. The minimum Gasteiger partial charge on any atom is -0.395 e. The van der Waals surface area contributed by atoms with Crippen molar-refractivity contribution in [3.05, 3.63) is 57.9 Å². The molecule has 0 aliphatic carbocycles. The average molecular weight is 409 g/mol. The summed E-state index contributed by atoms with van der Waals surface area (Å²) < 4.78 is 1.50. The Kier molecular flexibility index (Phi) is 5.19. The predicted molar refractivity (Wildman–Crippen MR) is 113 cm³/mol. The maximum atomic E-state index is 13.3. The first-order chi connectivity index (χ1) is 14.3. The van der Waals surface area contributed by atoms with E-state index in [1.807, 2.05) is 6.07 Å². The van der Waals surface area contributed by atoms with Crippen LogP contribution in [0.1, 0.15) is 61.7 Å². The van der Waals surface area contributed by atoms with Gasteiger partial charge < -0.3 is 10.0 Å². The number of aliphatic hydroxyl groups excluding tert-OH is 1. The van der Waals surface area contributed by atoms with Gasteiger partial charge in [0.2, 0.25) is 0 Å². The molecular formula is C22H27N5O3. The number of aliphatic hydroxyl groups is 1. The summed E-state index contributed by atoms with van der Waals surface area (Å²) in [7, 11) is 0. The number of rotatable bonds is 4. The van der Waals surface area contributed by atoms with E-state index in [-0.39, 0.29) is 36.1 Å². The molecule has 1 aliphatic rings. The van der Waals surface area contributed by atoms with Gasteiger partial charge in [0.15, 0.2) is 0 Å². The molecule has 158 valence electrons. The van der Waals surface area contributed by atoms with E-state index in [9.17, 15) is 14.7 Å². The van der Waals surface area contributed by atoms with Crippen molar-refractivity contribution >= 4 is 16.8 Å². The number of nitrogens with zero attached hydrogens (tertiary/aromatic N) is 4. The van der Waals surface area contributed by atoms with Crippen molar-refractivity contribution in [3.8, 4) is 0 Å². The van der Waals surface area contributed by atoms with Crippen molar-refractivity contribution < 1.29 is 9.90 Å². The molecule has 8 heteroatoms. The topological polar surface area (TPSA) is 104 Å². The number of fused-ring (bicyclic) bond motifs is 1. The van der Waals surface area contributed by atoms with E-state index >= 15 is 0 Å². The van der Waals surface area contributed by atoms with Crippen molar-refractivity contribution in [2.24, 2.45) is 0 Å². The summed E-state index contributed by atoms with van der Waals surface area (Å²) in [6.07, 6.45) is 1.52. The molecule has 1 atom stereocenters. The molecule has 8 nitrogen and oxygen atoms in total. The lowest BCUT2D eigenvalue weighted by molar-refractivity contribution is 0.0720. The number of carbonyl (C=O) groups is 1. The molecule has 0 radical (unpaired) electrons. The van der Waals surface area contributed by atoms with Crippen LogP contribution in [0.25, 0.3) is 10.9 Å². The zero-order valence-corrected chi connectivity index (χ0v) is 17.6. The molecule has 3 aromatic rings. The van der Waals surface area contributed by atoms with Crippen LogP contribution in [0.2, 0.25) is 0 Å². The Morgan fingerprint density at radius 3 is 2.77 bits per heavy atom. The molecule has 0 spiro atoms. The molecule has 1 aromatic carbocycles. The maximum Gasteiger partial charge on any atom is 0.274 e. The minimum absolute atomic E-state index is 0.140. The number of hydrogen-bond acceptors (Lipinski definition) is 5. The molecule has 30 heavy (non-hydrogen) atoms. The van der Waals surface area contributed by atoms with Gasteiger partial charge in [0, 0.05) is 17.7 Å². The zero-order valence-electron chi connectivity index (χ0n) is 17.6. The van der Waals surface area contributed by atoms with E-state index in [1.54, 1.807) is 29.2 Å². The van der Waals surface area contributed by atoms with Crippen LogP contribution in [0.3, 0.4) is 0 Å². The van der Waals surface area contributed by atoms with Crippen LogP contribution in [0.15, 0.2) is 35.1 Å². The fourth-order valence-electron chi connectivity index (χ4n) is 4.00. The summed E-state index contributed by atoms with van der Waals surface area (Å²) in [5.74, 6) is 0.340. The maximum absolute atomic E-state index is 13.3. The highest BCUT2D eigenvalue weighted by molar-refractivity contribution is 5.93. The fraction of sp³-hybridized carbons (Fsp3) is 0.455. The van der Waals surface area contributed by atoms with Crippen molar-refractivity contribution in [1.29, 1.82) is 0 Å². The Morgan fingerprint density at radius 1 is 1.30 bits per heavy atom. The summed E-state index contributed by atoms with van der Waals surface area (Å²) in [5.41, 5.74) is 1.52. The summed E-state index contributed by atoms with van der Waals surface area (Å²) in [6, 6.07) is 8.63. The lowest BCUT2D eigenvalue weighted by atomic mass is 9.92. The first kappa shape index (κ1) is 20.3. The number of para-hydroxylation sites is 1. The molecule has 1 saturated heterocycles. The molecule has 1 aliphatic heterocycles. The normalized spacial score (nSPS) is 17.1. The molecule has 0 bridgehead atoms. The summed E-state index contributed by atoms with van der Waals surface area (Å²) in [5, 5.41) is 17.2. The van der Waals surface area contributed by atoms with E-state index < -0.39 is 0 Å². The van der Waals surface area contributed by atoms with Crippen LogP contribution >= 0.6 is 0 Å². The van der Waals surface area contributed by atoms with Gasteiger partial charge in [0.25, 0.3) is 11.5 Å². The first-order valence-corrected chi connectivity index (χ1v) is 10.3. The highest BCUT2D eigenvalue weighted by Crippen LogP contribution is 2.32. The highest BCUT2D eigenvalue weighted by Gasteiger charge is 2.35. The predicted octanol–water partition coefficient (Wildman–Crippen LogP) is 2.39. The summed E-state index contributed by atoms with van der Waals surface area (Å²) in [4.78, 5) is 32.8. The van der Waals surface area contributed by atoms with Gasteiger partial charge in [0.1, 0.15) is 11.5 Å². The highest BCUT2D eigenvalue weighted by atomic mass is 16.3. The van der Waals surface area contributed by atoms with Crippen LogP contribution in [-0.2, 0) is 12.0 Å². The van der Waals surface area contributed by atoms with E-state index in [0.717, 1.165) is 12.1 Å². The molecule has 1 unspecified atom stereocenters. The summed E-state index contributed by atoms with van der Waals surface area (Å²) in [6.45, 7) is 6.70. The third kappa shape index (κ3) is 3.52. The second-order valence-electron chi connectivity index (χ2n) is 8.74. The van der Waals surface area contributed by atoms with Crippen molar-refractivity contribution in [3.63, 3.8) is 0 Å². The average Bonchev–Trinajstić information content (AvgIpc) is 3.39. The van der Waals surface area contributed by atoms with Crippen LogP contribution < -0.4 is 5.56 Å². The van der Waals surface area contributed by atoms with E-state index in [2.05, 4.69) is 31.0 Å². The lowest BCUT2D eigenvalue weighted by Gasteiger charge is -2.26. The van der Waals surface area contributed by atoms with Crippen LogP contribution in [0, 0.1) is 0 Å². The van der Waals surface area contributed by atoms with Gasteiger partial charge in [-0.2, -0.15) is 5.10 Å². The number of hydrogen-bond donors (Lipinski definition) is 2. The van der Waals surface area contributed by atoms with Crippen LogP contribution in [-0.4, -0.2) is 48.8 Å². The van der Waals surface area contributed by atoms with Crippen molar-refractivity contribution in [2.75, 3.05) is 13.2 Å². The minimum atomic E-state index is -0.337. The van der Waals surface area contributed by atoms with Gasteiger partial charge in [-0.3, -0.25) is 19.3 Å². The van der Waals surface area contributed by atoms with Crippen LogP contribution in [0.5, 0.6) is 0 Å². The smallest absolute Gasteiger partial charge is 0.274 e. The van der Waals surface area contributed by atoms with Gasteiger partial charge >= 0.3 is 0 Å². The van der Waals surface area contributed by atoms with Gasteiger partial charge in [-0.25, -0.2) is 4.98 Å². The largest absolute Gasteiger partial charge is 0.395 e. The second kappa shape index (κ2) is 7.68. The Morgan fingerprint density at radius 2 is 2.07 bits per heavy atom. The molecule has 2 aromatic heterocycles. The third-order valence-corrected chi connectivity index (χ3v) is 5.63. The Labute approximate surface area is 174 Å². The molecule has 4 rings (SSSR count). The number of likely N-dealkylation sites (tertiary alicyclic amines) is 1. The number of aromatic nitrogens is 4. The Bertz CT molecular complexity index is 1140. The third-order valence-electron chi connectivity index (χ3n) is 5.63. The number of amides is 1. The molecule has 2 N–H and O–H groups in total. The molecule has 3 heterocycles. The standard InChI is InChI=1S/C22H27N5O3/c1-22(2,3)18-13-16(24-25-18)21(30)26-10-6-9-17(26)19-23-15-8-5-4-7-14(15)20(29)27(19)11-12-28/h4-5,7-8,13,17,28H,6,9-12H2,1-3H3,(H,24,25). The lowest BCUT2D eigenvalue weighted by Crippen LogP contribution is -2.36. The number of benzene rings is 1.